The summed E-state index contributed by atoms with van der Waals surface area (Å²) in [6.45, 7) is 4.00. The molecule has 33 heavy (non-hydrogen) atoms. The molecule has 0 radical (unpaired) electrons. The Morgan fingerprint density at radius 3 is 2.52 bits per heavy atom. The summed E-state index contributed by atoms with van der Waals surface area (Å²) in [5.74, 6) is 0.624. The number of anilines is 2. The van der Waals surface area contributed by atoms with Gasteiger partial charge in [-0.3, -0.25) is 4.79 Å². The second kappa shape index (κ2) is 11.4. The van der Waals surface area contributed by atoms with Gasteiger partial charge in [-0.05, 0) is 57.8 Å². The molecular formula is C24H39FN6O2. The molecule has 0 spiro atoms. The maximum absolute atomic E-state index is 13.7. The molecule has 3 aliphatic rings. The number of halogens is 1. The first kappa shape index (κ1) is 24.1. The SMILES string of the molecule is CC[C@H](F)CNc1ncc(C(=O)NC2CCN(C3CCC3)CC2)c(N[C@H]2CC[C@H](O)CC2)n1. The van der Waals surface area contributed by atoms with Gasteiger partial charge in [0.2, 0.25) is 5.95 Å². The summed E-state index contributed by atoms with van der Waals surface area (Å²) in [6, 6.07) is 1.04. The molecule has 3 fully saturated rings. The van der Waals surface area contributed by atoms with Crippen LogP contribution in [0.5, 0.6) is 0 Å². The van der Waals surface area contributed by atoms with Gasteiger partial charge < -0.3 is 26.0 Å². The van der Waals surface area contributed by atoms with Crippen molar-refractivity contribution in [2.45, 2.75) is 102 Å². The van der Waals surface area contributed by atoms with Gasteiger partial charge in [-0.1, -0.05) is 13.3 Å². The summed E-state index contributed by atoms with van der Waals surface area (Å²) in [6.07, 6.45) is 9.70. The Kier molecular flexibility index (Phi) is 8.35. The van der Waals surface area contributed by atoms with Crippen LogP contribution < -0.4 is 16.0 Å². The van der Waals surface area contributed by atoms with Crippen LogP contribution in [-0.2, 0) is 0 Å². The molecule has 1 aromatic rings. The molecule has 2 aliphatic carbocycles. The van der Waals surface area contributed by atoms with Gasteiger partial charge in [0.25, 0.3) is 5.91 Å². The second-order valence-corrected chi connectivity index (χ2v) is 9.86. The summed E-state index contributed by atoms with van der Waals surface area (Å²) in [5.41, 5.74) is 0.417. The van der Waals surface area contributed by atoms with Crippen LogP contribution in [0, 0.1) is 0 Å². The first-order chi connectivity index (χ1) is 16.0. The van der Waals surface area contributed by atoms with Crippen LogP contribution >= 0.6 is 0 Å². The topological polar surface area (TPSA) is 102 Å². The zero-order chi connectivity index (χ0) is 23.2. The number of amides is 1. The summed E-state index contributed by atoms with van der Waals surface area (Å²) >= 11 is 0. The molecule has 1 saturated heterocycles. The van der Waals surface area contributed by atoms with E-state index >= 15 is 0 Å². The van der Waals surface area contributed by atoms with Gasteiger partial charge in [-0.15, -0.1) is 0 Å². The highest BCUT2D eigenvalue weighted by atomic mass is 19.1. The number of aliphatic hydroxyl groups is 1. The molecule has 1 amide bonds. The van der Waals surface area contributed by atoms with E-state index in [4.69, 9.17) is 0 Å². The lowest BCUT2D eigenvalue weighted by Crippen LogP contribution is -2.49. The largest absolute Gasteiger partial charge is 0.393 e. The van der Waals surface area contributed by atoms with Crippen LogP contribution in [0.1, 0.15) is 81.5 Å². The fourth-order valence-corrected chi connectivity index (χ4v) is 4.93. The van der Waals surface area contributed by atoms with Gasteiger partial charge >= 0.3 is 0 Å². The van der Waals surface area contributed by atoms with Crippen LogP contribution in [0.25, 0.3) is 0 Å². The van der Waals surface area contributed by atoms with E-state index in [0.717, 1.165) is 57.7 Å². The molecule has 1 aliphatic heterocycles. The summed E-state index contributed by atoms with van der Waals surface area (Å²) < 4.78 is 13.7. The van der Waals surface area contributed by atoms with Crippen molar-refractivity contribution in [2.75, 3.05) is 30.3 Å². The number of nitrogens with one attached hydrogen (secondary N) is 3. The van der Waals surface area contributed by atoms with Crippen LogP contribution in [0.4, 0.5) is 16.2 Å². The summed E-state index contributed by atoms with van der Waals surface area (Å²) in [5, 5.41) is 19.3. The third-order valence-corrected chi connectivity index (χ3v) is 7.45. The number of carbonyl (C=O) groups excluding carboxylic acids is 1. The average molecular weight is 463 g/mol. The van der Waals surface area contributed by atoms with Crippen LogP contribution in [0.2, 0.25) is 0 Å². The molecule has 184 valence electrons. The van der Waals surface area contributed by atoms with Crippen molar-refractivity contribution in [3.63, 3.8) is 0 Å². The number of hydrogen-bond donors (Lipinski definition) is 4. The molecule has 9 heteroatoms. The van der Waals surface area contributed by atoms with Gasteiger partial charge in [0.15, 0.2) is 0 Å². The minimum Gasteiger partial charge on any atom is -0.393 e. The van der Waals surface area contributed by atoms with E-state index in [9.17, 15) is 14.3 Å². The first-order valence-electron chi connectivity index (χ1n) is 12.8. The number of likely N-dealkylation sites (tertiary alicyclic amines) is 1. The predicted octanol–water partition coefficient (Wildman–Crippen LogP) is 3.10. The third kappa shape index (κ3) is 6.53. The van der Waals surface area contributed by atoms with Gasteiger partial charge in [0.1, 0.15) is 17.6 Å². The first-order valence-corrected chi connectivity index (χ1v) is 12.8. The number of piperidine rings is 1. The molecule has 1 atom stereocenters. The monoisotopic (exact) mass is 462 g/mol. The van der Waals surface area contributed by atoms with Crippen LogP contribution in [-0.4, -0.2) is 75.9 Å². The van der Waals surface area contributed by atoms with Crippen molar-refractivity contribution in [2.24, 2.45) is 0 Å². The summed E-state index contributed by atoms with van der Waals surface area (Å²) in [7, 11) is 0. The number of hydrogen-bond acceptors (Lipinski definition) is 7. The standard InChI is InChI=1S/C24H39FN6O2/c1-2-16(25)14-26-24-27-15-21(22(30-24)28-17-6-8-20(32)9-7-17)23(33)29-18-10-12-31(13-11-18)19-4-3-5-19/h15-20,32H,2-14H2,1H3,(H,29,33)(H2,26,27,28,30)/t16-,17-,20-/m0/s1. The Morgan fingerprint density at radius 2 is 1.88 bits per heavy atom. The van der Waals surface area contributed by atoms with E-state index in [0.29, 0.717) is 23.8 Å². The van der Waals surface area contributed by atoms with Gasteiger partial charge in [0.05, 0.1) is 6.10 Å². The lowest BCUT2D eigenvalue weighted by Gasteiger charge is -2.41. The third-order valence-electron chi connectivity index (χ3n) is 7.45. The highest BCUT2D eigenvalue weighted by Crippen LogP contribution is 2.28. The Balaban J connectivity index is 1.40. The van der Waals surface area contributed by atoms with Crippen molar-refractivity contribution in [3.05, 3.63) is 11.8 Å². The number of alkyl halides is 1. The molecule has 4 N–H and O–H groups in total. The number of carbonyl (C=O) groups is 1. The van der Waals surface area contributed by atoms with E-state index < -0.39 is 6.17 Å². The molecular weight excluding hydrogens is 423 g/mol. The number of aromatic nitrogens is 2. The molecule has 0 aromatic carbocycles. The number of nitrogens with zero attached hydrogens (tertiary/aromatic N) is 3. The minimum absolute atomic E-state index is 0.136. The normalized spacial score (nSPS) is 25.8. The molecule has 2 saturated carbocycles. The van der Waals surface area contributed by atoms with Crippen molar-refractivity contribution < 1.29 is 14.3 Å². The van der Waals surface area contributed by atoms with E-state index in [2.05, 4.69) is 30.8 Å². The van der Waals surface area contributed by atoms with Crippen molar-refractivity contribution in [1.29, 1.82) is 0 Å². The van der Waals surface area contributed by atoms with E-state index in [1.54, 1.807) is 6.92 Å². The lowest BCUT2D eigenvalue weighted by atomic mass is 9.89. The Hall–Kier alpha value is -2.00. The van der Waals surface area contributed by atoms with Crippen molar-refractivity contribution in [1.82, 2.24) is 20.2 Å². The van der Waals surface area contributed by atoms with Gasteiger partial charge in [0, 0.05) is 44.0 Å². The molecule has 0 unspecified atom stereocenters. The average Bonchev–Trinajstić information content (AvgIpc) is 2.79. The zero-order valence-corrected chi connectivity index (χ0v) is 19.7. The fourth-order valence-electron chi connectivity index (χ4n) is 4.93. The lowest BCUT2D eigenvalue weighted by molar-refractivity contribution is 0.0800. The van der Waals surface area contributed by atoms with Crippen molar-refractivity contribution in [3.8, 4) is 0 Å². The maximum atomic E-state index is 13.7. The Bertz CT molecular complexity index is 776. The number of rotatable bonds is 9. The van der Waals surface area contributed by atoms with Crippen molar-refractivity contribution >= 4 is 17.7 Å². The van der Waals surface area contributed by atoms with Crippen LogP contribution in [0.3, 0.4) is 0 Å². The highest BCUT2D eigenvalue weighted by molar-refractivity contribution is 5.98. The van der Waals surface area contributed by atoms with Gasteiger partial charge in [-0.25, -0.2) is 9.37 Å². The van der Waals surface area contributed by atoms with Crippen LogP contribution in [0.15, 0.2) is 6.20 Å². The minimum atomic E-state index is -0.974. The van der Waals surface area contributed by atoms with Gasteiger partial charge in [-0.2, -0.15) is 4.98 Å². The second-order valence-electron chi connectivity index (χ2n) is 9.86. The molecule has 1 aromatic heterocycles. The van der Waals surface area contributed by atoms with E-state index in [1.165, 1.54) is 25.5 Å². The molecule has 4 rings (SSSR count). The quantitative estimate of drug-likeness (QED) is 0.447. The molecule has 8 nitrogen and oxygen atoms in total. The predicted molar refractivity (Wildman–Crippen MR) is 127 cm³/mol. The van der Waals surface area contributed by atoms with E-state index in [-0.39, 0.29) is 30.6 Å². The highest BCUT2D eigenvalue weighted by Gasteiger charge is 2.30. The smallest absolute Gasteiger partial charge is 0.256 e. The van der Waals surface area contributed by atoms with E-state index in [1.807, 2.05) is 0 Å². The Labute approximate surface area is 196 Å². The zero-order valence-electron chi connectivity index (χ0n) is 19.7. The maximum Gasteiger partial charge on any atom is 0.256 e. The number of aliphatic hydroxyl groups excluding tert-OH is 1. The fraction of sp³-hybridized carbons (Fsp3) is 0.792. The Morgan fingerprint density at radius 1 is 1.15 bits per heavy atom. The molecule has 0 bridgehead atoms. The summed E-state index contributed by atoms with van der Waals surface area (Å²) in [4.78, 5) is 24.5. The molecule has 2 heterocycles.